The maximum atomic E-state index is 14.4. The van der Waals surface area contributed by atoms with Crippen molar-refractivity contribution in [1.82, 2.24) is 4.90 Å². The molecule has 3 heterocycles. The number of amides is 1. The van der Waals surface area contributed by atoms with E-state index in [-0.39, 0.29) is 54.9 Å². The third-order valence-electron chi connectivity index (χ3n) is 14.0. The molecule has 2 bridgehead atoms. The Balaban J connectivity index is 1.44. The molecule has 1 aromatic rings. The first-order chi connectivity index (χ1) is 30.1. The standard InChI is InChI=1S/C51H75NO11/c1-9-39-27-32(2)26-33(3)28-44(59-7)47-45(60-8)30-36(6)51(58,63-47)48(55)49(56)52-24-14-13-19-40(52)50(57)62-46(34(4)20-22-41(39)53)35(5)29-38-21-23-42(54)43(31-38)61-25-15-18-37-16-11-10-12-17-37/h10-12,15-18,27,29,33-34,36,38-40,42-47,54,58H,9,13-14,19-26,28,30-31H2,1-8H3/b18-15?,32-27+,35-29?. The maximum Gasteiger partial charge on any atom is 0.329 e. The van der Waals surface area contributed by atoms with E-state index in [0.717, 1.165) is 23.1 Å². The quantitative estimate of drug-likeness (QED) is 0.143. The Bertz CT molecular complexity index is 1780. The second kappa shape index (κ2) is 23.6. The van der Waals surface area contributed by atoms with Crippen molar-refractivity contribution in [2.75, 3.05) is 27.4 Å². The summed E-state index contributed by atoms with van der Waals surface area (Å²) in [6.07, 6.45) is 10.7. The van der Waals surface area contributed by atoms with Crippen molar-refractivity contribution < 1.29 is 53.1 Å². The minimum Gasteiger partial charge on any atom is -0.456 e. The zero-order valence-electron chi connectivity index (χ0n) is 39.0. The first kappa shape index (κ1) is 50.5. The van der Waals surface area contributed by atoms with Gasteiger partial charge in [0.25, 0.3) is 11.7 Å². The molecule has 2 N–H and O–H groups in total. The number of ether oxygens (including phenoxy) is 5. The molecule has 4 aliphatic rings. The Hall–Kier alpha value is -3.52. The predicted molar refractivity (Wildman–Crippen MR) is 241 cm³/mol. The Morgan fingerprint density at radius 3 is 2.35 bits per heavy atom. The topological polar surface area (TPSA) is 158 Å². The summed E-state index contributed by atoms with van der Waals surface area (Å²) in [5.41, 5.74) is 2.96. The highest BCUT2D eigenvalue weighted by molar-refractivity contribution is 6.39. The van der Waals surface area contributed by atoms with Crippen LogP contribution in [0.2, 0.25) is 0 Å². The van der Waals surface area contributed by atoms with Crippen LogP contribution in [0.3, 0.4) is 0 Å². The number of nitrogens with zero attached hydrogens (tertiary/aromatic N) is 1. The van der Waals surface area contributed by atoms with Crippen LogP contribution in [0.4, 0.5) is 0 Å². The zero-order chi connectivity index (χ0) is 45.8. The van der Waals surface area contributed by atoms with Gasteiger partial charge in [-0.25, -0.2) is 4.79 Å². The molecule has 12 nitrogen and oxygen atoms in total. The van der Waals surface area contributed by atoms with E-state index in [9.17, 15) is 29.4 Å². The molecule has 5 rings (SSSR count). The van der Waals surface area contributed by atoms with E-state index < -0.39 is 65.9 Å². The first-order valence-corrected chi connectivity index (χ1v) is 23.5. The Labute approximate surface area is 375 Å². The van der Waals surface area contributed by atoms with Crippen molar-refractivity contribution in [3.63, 3.8) is 0 Å². The fourth-order valence-corrected chi connectivity index (χ4v) is 10.2. The van der Waals surface area contributed by atoms with Crippen LogP contribution in [0.15, 0.2) is 59.7 Å². The Morgan fingerprint density at radius 1 is 0.937 bits per heavy atom. The molecule has 12 heteroatoms. The van der Waals surface area contributed by atoms with Gasteiger partial charge in [-0.1, -0.05) is 87.9 Å². The van der Waals surface area contributed by atoms with Crippen LogP contribution in [-0.4, -0.2) is 114 Å². The van der Waals surface area contributed by atoms with Gasteiger partial charge in [0, 0.05) is 39.0 Å². The van der Waals surface area contributed by atoms with Crippen LogP contribution in [0.25, 0.3) is 6.08 Å². The Morgan fingerprint density at radius 2 is 1.65 bits per heavy atom. The molecule has 13 unspecified atom stereocenters. The van der Waals surface area contributed by atoms with Gasteiger partial charge >= 0.3 is 5.97 Å². The minimum atomic E-state index is -2.48. The molecule has 63 heavy (non-hydrogen) atoms. The summed E-state index contributed by atoms with van der Waals surface area (Å²) >= 11 is 0. The lowest BCUT2D eigenvalue weighted by Crippen LogP contribution is -2.64. The van der Waals surface area contributed by atoms with Crippen LogP contribution < -0.4 is 0 Å². The SMILES string of the molecule is CCC1/C=C(\C)CC(C)CC(OC)C2OC(O)(C(=O)C(=O)N3CCCCC3C(=O)OC(C(C)=CC3CCC(O)C(OCC=Cc4ccccc4)C3)C(C)CCC1=O)C(C)CC2OC. The fourth-order valence-electron chi connectivity index (χ4n) is 10.2. The van der Waals surface area contributed by atoms with E-state index in [0.29, 0.717) is 64.4 Å². The molecule has 1 saturated carbocycles. The monoisotopic (exact) mass is 878 g/mol. The number of cyclic esters (lactones) is 1. The van der Waals surface area contributed by atoms with Crippen molar-refractivity contribution in [3.8, 4) is 0 Å². The lowest BCUT2D eigenvalue weighted by molar-refractivity contribution is -0.302. The second-order valence-corrected chi connectivity index (χ2v) is 19.0. The van der Waals surface area contributed by atoms with Gasteiger partial charge in [0.15, 0.2) is 0 Å². The van der Waals surface area contributed by atoms with Gasteiger partial charge in [-0.3, -0.25) is 14.4 Å². The number of hydrogen-bond acceptors (Lipinski definition) is 11. The second-order valence-electron chi connectivity index (χ2n) is 19.0. The molecule has 1 aromatic carbocycles. The summed E-state index contributed by atoms with van der Waals surface area (Å²) in [7, 11) is 3.11. The van der Waals surface area contributed by atoms with Gasteiger partial charge in [0.2, 0.25) is 5.79 Å². The van der Waals surface area contributed by atoms with E-state index in [2.05, 4.69) is 19.1 Å². The summed E-state index contributed by atoms with van der Waals surface area (Å²) in [5.74, 6) is -6.32. The largest absolute Gasteiger partial charge is 0.456 e. The normalized spacial score (nSPS) is 37.1. The molecule has 0 radical (unpaired) electrons. The molecule has 0 aromatic heterocycles. The van der Waals surface area contributed by atoms with Gasteiger partial charge in [0.05, 0.1) is 31.0 Å². The van der Waals surface area contributed by atoms with Gasteiger partial charge in [-0.15, -0.1) is 0 Å². The van der Waals surface area contributed by atoms with Gasteiger partial charge in [0.1, 0.15) is 24.0 Å². The third kappa shape index (κ3) is 13.1. The Kier molecular flexibility index (Phi) is 18.9. The number of Topliss-reactive ketones (excluding diaryl/α,β-unsaturated/α-hetero) is 2. The van der Waals surface area contributed by atoms with Crippen molar-refractivity contribution >= 4 is 29.5 Å². The smallest absolute Gasteiger partial charge is 0.329 e. The van der Waals surface area contributed by atoms with Crippen molar-refractivity contribution in [3.05, 3.63) is 65.3 Å². The van der Waals surface area contributed by atoms with Crippen LogP contribution in [0.5, 0.6) is 0 Å². The van der Waals surface area contributed by atoms with Crippen LogP contribution in [0.1, 0.15) is 124 Å². The lowest BCUT2D eigenvalue weighted by Gasteiger charge is -2.47. The number of hydrogen-bond donors (Lipinski definition) is 2. The van der Waals surface area contributed by atoms with E-state index in [4.69, 9.17) is 23.7 Å². The average Bonchev–Trinajstić information content (AvgIpc) is 3.28. The predicted octanol–water partition coefficient (Wildman–Crippen LogP) is 7.59. The summed E-state index contributed by atoms with van der Waals surface area (Å²) < 4.78 is 30.7. The number of aliphatic hydroxyl groups is 2. The lowest BCUT2D eigenvalue weighted by atomic mass is 9.82. The summed E-state index contributed by atoms with van der Waals surface area (Å²) in [5, 5.41) is 23.0. The fraction of sp³-hybridized carbons (Fsp3) is 0.686. The average molecular weight is 878 g/mol. The van der Waals surface area contributed by atoms with Crippen LogP contribution in [0, 0.1) is 29.6 Å². The number of fused-ring (bicyclic) bond motifs is 3. The van der Waals surface area contributed by atoms with E-state index in [1.807, 2.05) is 70.2 Å². The van der Waals surface area contributed by atoms with Crippen LogP contribution >= 0.6 is 0 Å². The molecule has 2 saturated heterocycles. The van der Waals surface area contributed by atoms with E-state index in [1.54, 1.807) is 21.1 Å². The number of esters is 1. The van der Waals surface area contributed by atoms with Crippen LogP contribution in [-0.2, 0) is 42.9 Å². The molecule has 3 aliphatic heterocycles. The third-order valence-corrected chi connectivity index (χ3v) is 14.0. The first-order valence-electron chi connectivity index (χ1n) is 23.5. The van der Waals surface area contributed by atoms with Crippen molar-refractivity contribution in [1.29, 1.82) is 0 Å². The maximum absolute atomic E-state index is 14.4. The highest BCUT2D eigenvalue weighted by atomic mass is 16.7. The molecule has 350 valence electrons. The van der Waals surface area contributed by atoms with Crippen molar-refractivity contribution in [2.45, 2.75) is 167 Å². The van der Waals surface area contributed by atoms with E-state index in [1.165, 1.54) is 4.90 Å². The molecule has 13 atom stereocenters. The highest BCUT2D eigenvalue weighted by Crippen LogP contribution is 2.39. The minimum absolute atomic E-state index is 0.0389. The number of methoxy groups -OCH3 is 2. The molecule has 1 amide bonds. The van der Waals surface area contributed by atoms with Gasteiger partial charge in [-0.05, 0) is 113 Å². The zero-order valence-corrected chi connectivity index (χ0v) is 39.0. The highest BCUT2D eigenvalue weighted by Gasteiger charge is 2.56. The summed E-state index contributed by atoms with van der Waals surface area (Å²) in [6, 6.07) is 8.89. The number of benzene rings is 1. The molecular formula is C51H75NO11. The number of rotatable bonds is 9. The number of carbonyl (C=O) groups excluding carboxylic acids is 4. The number of allylic oxidation sites excluding steroid dienone is 3. The summed E-state index contributed by atoms with van der Waals surface area (Å²) in [6.45, 7) is 12.2. The van der Waals surface area contributed by atoms with Gasteiger partial charge < -0.3 is 38.8 Å². The molecule has 3 fully saturated rings. The van der Waals surface area contributed by atoms with Gasteiger partial charge in [-0.2, -0.15) is 0 Å². The van der Waals surface area contributed by atoms with Crippen molar-refractivity contribution in [2.24, 2.45) is 29.6 Å². The number of aliphatic hydroxyl groups excluding tert-OH is 1. The number of piperidine rings is 1. The van der Waals surface area contributed by atoms with E-state index >= 15 is 0 Å². The molecular weight excluding hydrogens is 803 g/mol. The molecule has 0 spiro atoms. The molecule has 1 aliphatic carbocycles. The number of ketones is 2. The summed E-state index contributed by atoms with van der Waals surface area (Å²) in [4.78, 5) is 58.2. The number of carbonyl (C=O) groups is 4.